The molecular formula is C27H22BrN3O4. The Morgan fingerprint density at radius 3 is 2.60 bits per heavy atom. The lowest BCUT2D eigenvalue weighted by molar-refractivity contribution is 0.286. The van der Waals surface area contributed by atoms with E-state index in [9.17, 15) is 4.79 Å². The number of furan rings is 1. The number of nitrogens with zero attached hydrogens (tertiary/aromatic N) is 3. The Bertz CT molecular complexity index is 1590. The Morgan fingerprint density at radius 2 is 1.80 bits per heavy atom. The highest BCUT2D eigenvalue weighted by Crippen LogP contribution is 2.36. The number of aromatic nitrogens is 2. The van der Waals surface area contributed by atoms with Gasteiger partial charge >= 0.3 is 0 Å². The van der Waals surface area contributed by atoms with E-state index in [1.54, 1.807) is 24.4 Å². The van der Waals surface area contributed by atoms with Gasteiger partial charge in [-0.25, -0.2) is 4.98 Å². The fraction of sp³-hybridized carbons (Fsp3) is 0.148. The molecule has 0 amide bonds. The van der Waals surface area contributed by atoms with Crippen molar-refractivity contribution in [2.45, 2.75) is 13.8 Å². The topological polar surface area (TPSA) is 78.9 Å². The smallest absolute Gasteiger partial charge is 0.282 e. The van der Waals surface area contributed by atoms with Crippen LogP contribution in [-0.2, 0) is 0 Å². The molecule has 0 atom stereocenters. The lowest BCUT2D eigenvalue weighted by Crippen LogP contribution is -2.20. The Labute approximate surface area is 209 Å². The maximum atomic E-state index is 13.4. The first-order chi connectivity index (χ1) is 17.1. The van der Waals surface area contributed by atoms with E-state index in [2.05, 4.69) is 21.0 Å². The normalized spacial score (nSPS) is 11.5. The minimum absolute atomic E-state index is 0.294. The first-order valence-electron chi connectivity index (χ1n) is 11.2. The minimum Gasteiger partial charge on any atom is -0.490 e. The molecule has 8 heteroatoms. The van der Waals surface area contributed by atoms with Crippen LogP contribution in [0, 0.1) is 0 Å². The van der Waals surface area contributed by atoms with Gasteiger partial charge in [-0.3, -0.25) is 4.79 Å². The molecule has 2 heterocycles. The zero-order chi connectivity index (χ0) is 24.4. The Balaban J connectivity index is 1.67. The number of rotatable bonds is 7. The van der Waals surface area contributed by atoms with Crippen molar-refractivity contribution in [3.8, 4) is 23.1 Å². The maximum Gasteiger partial charge on any atom is 0.282 e. The van der Waals surface area contributed by atoms with Crippen LogP contribution in [0.25, 0.3) is 33.5 Å². The van der Waals surface area contributed by atoms with Crippen LogP contribution in [0.2, 0.25) is 0 Å². The summed E-state index contributed by atoms with van der Waals surface area (Å²) in [6.45, 7) is 4.81. The van der Waals surface area contributed by atoms with Gasteiger partial charge in [-0.15, -0.1) is 0 Å². The first kappa shape index (κ1) is 22.9. The van der Waals surface area contributed by atoms with Crippen molar-refractivity contribution in [3.63, 3.8) is 0 Å². The molecule has 3 aromatic carbocycles. The summed E-state index contributed by atoms with van der Waals surface area (Å²) in [6, 6.07) is 20.4. The molecule has 7 nitrogen and oxygen atoms in total. The van der Waals surface area contributed by atoms with Crippen LogP contribution >= 0.6 is 15.9 Å². The van der Waals surface area contributed by atoms with E-state index in [4.69, 9.17) is 18.9 Å². The number of hydrogen-bond donors (Lipinski definition) is 0. The van der Waals surface area contributed by atoms with Crippen molar-refractivity contribution in [1.29, 1.82) is 0 Å². The zero-order valence-electron chi connectivity index (χ0n) is 19.2. The van der Waals surface area contributed by atoms with E-state index >= 15 is 0 Å². The van der Waals surface area contributed by atoms with Gasteiger partial charge in [0.25, 0.3) is 5.56 Å². The second kappa shape index (κ2) is 9.76. The molecule has 0 aliphatic rings. The van der Waals surface area contributed by atoms with Crippen LogP contribution in [-0.4, -0.2) is 29.1 Å². The minimum atomic E-state index is -0.294. The molecule has 0 unspecified atom stereocenters. The monoisotopic (exact) mass is 531 g/mol. The lowest BCUT2D eigenvalue weighted by Gasteiger charge is -2.13. The van der Waals surface area contributed by atoms with Crippen LogP contribution < -0.4 is 15.0 Å². The van der Waals surface area contributed by atoms with Gasteiger partial charge in [-0.05, 0) is 71.7 Å². The molecule has 176 valence electrons. The molecule has 0 radical (unpaired) electrons. The molecular weight excluding hydrogens is 510 g/mol. The zero-order valence-corrected chi connectivity index (χ0v) is 20.8. The third-order valence-electron chi connectivity index (χ3n) is 5.34. The third-order valence-corrected chi connectivity index (χ3v) is 5.93. The van der Waals surface area contributed by atoms with Crippen molar-refractivity contribution in [1.82, 2.24) is 9.66 Å². The predicted octanol–water partition coefficient (Wildman–Crippen LogP) is 6.25. The summed E-state index contributed by atoms with van der Waals surface area (Å²) in [7, 11) is 0. The van der Waals surface area contributed by atoms with Crippen LogP contribution in [0.1, 0.15) is 19.4 Å². The van der Waals surface area contributed by atoms with Gasteiger partial charge in [0.15, 0.2) is 17.3 Å². The van der Waals surface area contributed by atoms with Crippen molar-refractivity contribution in [3.05, 3.63) is 87.1 Å². The van der Waals surface area contributed by atoms with Crippen molar-refractivity contribution in [2.75, 3.05) is 13.2 Å². The number of ether oxygens (including phenoxy) is 2. The third kappa shape index (κ3) is 4.44. The van der Waals surface area contributed by atoms with Crippen molar-refractivity contribution in [2.24, 2.45) is 5.10 Å². The molecule has 0 aliphatic heterocycles. The van der Waals surface area contributed by atoms with Crippen molar-refractivity contribution < 1.29 is 13.9 Å². The maximum absolute atomic E-state index is 13.4. The van der Waals surface area contributed by atoms with Crippen LogP contribution in [0.5, 0.6) is 11.5 Å². The van der Waals surface area contributed by atoms with E-state index in [1.165, 1.54) is 4.68 Å². The number of hydrogen-bond acceptors (Lipinski definition) is 6. The fourth-order valence-electron chi connectivity index (χ4n) is 3.82. The standard InChI is InChI=1S/C27H22BrN3O4/c1-3-33-23-14-17(13-20(28)25(23)34-4-2)16-29-31-26(24-15-18-9-5-8-12-22(18)35-24)30-21-11-7-6-10-19(21)27(31)32/h5-16H,3-4H2,1-2H3. The highest BCUT2D eigenvalue weighted by Gasteiger charge is 2.17. The van der Waals surface area contributed by atoms with Gasteiger partial charge in [-0.1, -0.05) is 30.3 Å². The molecule has 5 rings (SSSR count). The Kier molecular flexibility index (Phi) is 6.37. The SMILES string of the molecule is CCOc1cc(C=Nn2c(-c3cc4ccccc4o3)nc3ccccc3c2=O)cc(Br)c1OCC. The molecule has 0 N–H and O–H groups in total. The van der Waals surface area contributed by atoms with E-state index in [0.717, 1.165) is 15.4 Å². The van der Waals surface area contributed by atoms with E-state index < -0.39 is 0 Å². The van der Waals surface area contributed by atoms with Crippen molar-refractivity contribution >= 4 is 44.0 Å². The molecule has 5 aromatic rings. The summed E-state index contributed by atoms with van der Waals surface area (Å²) < 4.78 is 19.5. The highest BCUT2D eigenvalue weighted by atomic mass is 79.9. The van der Waals surface area contributed by atoms with Gasteiger partial charge in [0, 0.05) is 5.39 Å². The second-order valence-electron chi connectivity index (χ2n) is 7.66. The molecule has 35 heavy (non-hydrogen) atoms. The van der Waals surface area contributed by atoms with Gasteiger partial charge < -0.3 is 13.9 Å². The summed E-state index contributed by atoms with van der Waals surface area (Å²) in [5.41, 5.74) is 1.70. The molecule has 0 saturated heterocycles. The quantitative estimate of drug-likeness (QED) is 0.232. The van der Waals surface area contributed by atoms with Gasteiger partial charge in [-0.2, -0.15) is 9.78 Å². The fourth-order valence-corrected chi connectivity index (χ4v) is 4.39. The summed E-state index contributed by atoms with van der Waals surface area (Å²) in [5.74, 6) is 1.98. The molecule has 0 spiro atoms. The number of fused-ring (bicyclic) bond motifs is 2. The van der Waals surface area contributed by atoms with E-state index in [1.807, 2.05) is 62.4 Å². The summed E-state index contributed by atoms with van der Waals surface area (Å²) in [5, 5.41) is 5.91. The highest BCUT2D eigenvalue weighted by molar-refractivity contribution is 9.10. The predicted molar refractivity (Wildman–Crippen MR) is 141 cm³/mol. The van der Waals surface area contributed by atoms with E-state index in [-0.39, 0.29) is 5.56 Å². The van der Waals surface area contributed by atoms with Crippen LogP contribution in [0.4, 0.5) is 0 Å². The Hall–Kier alpha value is -3.91. The second-order valence-corrected chi connectivity index (χ2v) is 8.51. The average Bonchev–Trinajstić information content (AvgIpc) is 3.30. The Morgan fingerprint density at radius 1 is 1.03 bits per heavy atom. The first-order valence-corrected chi connectivity index (χ1v) is 12.0. The summed E-state index contributed by atoms with van der Waals surface area (Å²) in [4.78, 5) is 18.2. The largest absolute Gasteiger partial charge is 0.490 e. The molecule has 0 saturated carbocycles. The summed E-state index contributed by atoms with van der Waals surface area (Å²) >= 11 is 3.55. The van der Waals surface area contributed by atoms with Gasteiger partial charge in [0.1, 0.15) is 5.58 Å². The van der Waals surface area contributed by atoms with E-state index in [0.29, 0.717) is 52.8 Å². The van der Waals surface area contributed by atoms with Crippen LogP contribution in [0.15, 0.2) is 85.5 Å². The molecule has 2 aromatic heterocycles. The summed E-state index contributed by atoms with van der Waals surface area (Å²) in [6.07, 6.45) is 1.59. The molecule has 0 aliphatic carbocycles. The van der Waals surface area contributed by atoms with Crippen LogP contribution in [0.3, 0.4) is 0 Å². The number of para-hydroxylation sites is 2. The molecule has 0 bridgehead atoms. The van der Waals surface area contributed by atoms with Gasteiger partial charge in [0.05, 0.1) is 34.8 Å². The van der Waals surface area contributed by atoms with Gasteiger partial charge in [0.2, 0.25) is 5.82 Å². The lowest BCUT2D eigenvalue weighted by atomic mass is 10.2. The molecule has 0 fully saturated rings. The number of halogens is 1. The number of benzene rings is 3. The average molecular weight is 532 g/mol.